The molecule has 1 saturated carbocycles. The van der Waals surface area contributed by atoms with Crippen molar-refractivity contribution in [3.05, 3.63) is 34.3 Å². The SMILES string of the molecule is CN[C@H]1CN(C(=O)C2CCN(C(=O)C3(C)CC3)CC2)C[C@@H]1c1ccc(C)c(Cl)c1. The predicted molar refractivity (Wildman–Crippen MR) is 115 cm³/mol. The van der Waals surface area contributed by atoms with E-state index >= 15 is 0 Å². The van der Waals surface area contributed by atoms with Gasteiger partial charge in [0.25, 0.3) is 0 Å². The number of halogens is 1. The van der Waals surface area contributed by atoms with Crippen molar-refractivity contribution >= 4 is 23.4 Å². The first kappa shape index (κ1) is 20.7. The Hall–Kier alpha value is -1.59. The summed E-state index contributed by atoms with van der Waals surface area (Å²) in [6.45, 7) is 6.94. The maximum Gasteiger partial charge on any atom is 0.228 e. The summed E-state index contributed by atoms with van der Waals surface area (Å²) < 4.78 is 0. The molecule has 2 atom stereocenters. The summed E-state index contributed by atoms with van der Waals surface area (Å²) >= 11 is 6.35. The van der Waals surface area contributed by atoms with E-state index in [9.17, 15) is 9.59 Å². The fourth-order valence-corrected chi connectivity index (χ4v) is 5.01. The van der Waals surface area contributed by atoms with Crippen molar-refractivity contribution in [2.45, 2.75) is 51.5 Å². The van der Waals surface area contributed by atoms with Crippen LogP contribution in [0.4, 0.5) is 0 Å². The van der Waals surface area contributed by atoms with E-state index in [2.05, 4.69) is 24.4 Å². The highest BCUT2D eigenvalue weighted by Crippen LogP contribution is 2.47. The zero-order valence-electron chi connectivity index (χ0n) is 17.7. The van der Waals surface area contributed by atoms with E-state index in [1.54, 1.807) is 0 Å². The molecule has 2 saturated heterocycles. The van der Waals surface area contributed by atoms with E-state index in [1.165, 1.54) is 5.56 Å². The molecule has 1 N–H and O–H groups in total. The zero-order valence-corrected chi connectivity index (χ0v) is 18.5. The van der Waals surface area contributed by atoms with Gasteiger partial charge in [-0.05, 0) is 56.8 Å². The Balaban J connectivity index is 1.38. The first-order chi connectivity index (χ1) is 13.8. The minimum atomic E-state index is -0.117. The van der Waals surface area contributed by atoms with Gasteiger partial charge in [0.1, 0.15) is 0 Å². The van der Waals surface area contributed by atoms with Crippen molar-refractivity contribution in [3.8, 4) is 0 Å². The lowest BCUT2D eigenvalue weighted by Crippen LogP contribution is -2.46. The van der Waals surface area contributed by atoms with Gasteiger partial charge in [-0.25, -0.2) is 0 Å². The second-order valence-electron chi connectivity index (χ2n) is 9.38. The summed E-state index contributed by atoms with van der Waals surface area (Å²) in [5, 5.41) is 4.17. The van der Waals surface area contributed by atoms with Crippen LogP contribution in [0.2, 0.25) is 5.02 Å². The minimum Gasteiger partial charge on any atom is -0.342 e. The summed E-state index contributed by atoms with van der Waals surface area (Å²) in [6, 6.07) is 6.46. The number of hydrogen-bond donors (Lipinski definition) is 1. The van der Waals surface area contributed by atoms with Gasteiger partial charge >= 0.3 is 0 Å². The summed E-state index contributed by atoms with van der Waals surface area (Å²) in [5.41, 5.74) is 2.14. The lowest BCUT2D eigenvalue weighted by Gasteiger charge is -2.34. The third-order valence-corrected chi connectivity index (χ3v) is 7.68. The molecule has 1 aromatic rings. The van der Waals surface area contributed by atoms with Crippen LogP contribution in [0.25, 0.3) is 0 Å². The third-order valence-electron chi connectivity index (χ3n) is 7.27. The largest absolute Gasteiger partial charge is 0.342 e. The standard InChI is InChI=1S/C23H32ClN3O2/c1-15-4-5-17(12-19(15)24)18-13-27(14-20(18)25-3)21(28)16-6-10-26(11-7-16)22(29)23(2)8-9-23/h4-5,12,16,18,20,25H,6-11,13-14H2,1-3H3/t18-,20+/m1/s1. The normalized spacial score (nSPS) is 26.6. The molecule has 0 unspecified atom stereocenters. The molecule has 158 valence electrons. The molecule has 2 heterocycles. The molecule has 3 fully saturated rings. The molecule has 0 radical (unpaired) electrons. The molecule has 1 aliphatic carbocycles. The van der Waals surface area contributed by atoms with E-state index in [4.69, 9.17) is 11.6 Å². The van der Waals surface area contributed by atoms with Crippen molar-refractivity contribution in [2.75, 3.05) is 33.2 Å². The monoisotopic (exact) mass is 417 g/mol. The fourth-order valence-electron chi connectivity index (χ4n) is 4.82. The van der Waals surface area contributed by atoms with Gasteiger partial charge in [0.2, 0.25) is 11.8 Å². The second kappa shape index (κ2) is 7.92. The number of rotatable bonds is 4. The van der Waals surface area contributed by atoms with Crippen molar-refractivity contribution in [1.29, 1.82) is 0 Å². The topological polar surface area (TPSA) is 52.7 Å². The van der Waals surface area contributed by atoms with E-state index in [1.807, 2.05) is 29.8 Å². The van der Waals surface area contributed by atoms with E-state index < -0.39 is 0 Å². The van der Waals surface area contributed by atoms with Crippen molar-refractivity contribution < 1.29 is 9.59 Å². The van der Waals surface area contributed by atoms with Crippen molar-refractivity contribution in [3.63, 3.8) is 0 Å². The number of nitrogens with zero attached hydrogens (tertiary/aromatic N) is 2. The third kappa shape index (κ3) is 4.04. The van der Waals surface area contributed by atoms with Gasteiger partial charge in [-0.2, -0.15) is 0 Å². The quantitative estimate of drug-likeness (QED) is 0.818. The second-order valence-corrected chi connectivity index (χ2v) is 9.79. The summed E-state index contributed by atoms with van der Waals surface area (Å²) in [4.78, 5) is 29.8. The molecule has 1 aromatic carbocycles. The summed E-state index contributed by atoms with van der Waals surface area (Å²) in [5.74, 6) is 0.814. The van der Waals surface area contributed by atoms with E-state index in [0.717, 1.165) is 49.4 Å². The van der Waals surface area contributed by atoms with Crippen LogP contribution in [0.1, 0.15) is 49.7 Å². The first-order valence-electron chi connectivity index (χ1n) is 10.8. The van der Waals surface area contributed by atoms with Gasteiger partial charge in [-0.3, -0.25) is 9.59 Å². The van der Waals surface area contributed by atoms with Gasteiger partial charge in [0.05, 0.1) is 0 Å². The van der Waals surface area contributed by atoms with Crippen LogP contribution in [0, 0.1) is 18.3 Å². The molecule has 29 heavy (non-hydrogen) atoms. The Kier molecular flexibility index (Phi) is 5.64. The van der Waals surface area contributed by atoms with Gasteiger partial charge in [0, 0.05) is 54.5 Å². The molecule has 6 heteroatoms. The number of nitrogens with one attached hydrogen (secondary N) is 1. The van der Waals surface area contributed by atoms with Crippen molar-refractivity contribution in [2.24, 2.45) is 11.3 Å². The molecule has 5 nitrogen and oxygen atoms in total. The Labute approximate surface area is 178 Å². The van der Waals surface area contributed by atoms with Crippen LogP contribution >= 0.6 is 11.6 Å². The number of benzene rings is 1. The minimum absolute atomic E-state index is 0.0314. The maximum absolute atomic E-state index is 13.2. The first-order valence-corrected chi connectivity index (χ1v) is 11.2. The number of likely N-dealkylation sites (N-methyl/N-ethyl adjacent to an activating group) is 1. The maximum atomic E-state index is 13.2. The van der Waals surface area contributed by atoms with Crippen LogP contribution in [0.5, 0.6) is 0 Å². The summed E-state index contributed by atoms with van der Waals surface area (Å²) in [6.07, 6.45) is 3.58. The van der Waals surface area contributed by atoms with Gasteiger partial charge in [0.15, 0.2) is 0 Å². The number of hydrogen-bond acceptors (Lipinski definition) is 3. The van der Waals surface area contributed by atoms with Gasteiger partial charge in [-0.15, -0.1) is 0 Å². The van der Waals surface area contributed by atoms with Crippen LogP contribution in [-0.4, -0.2) is 60.9 Å². The van der Waals surface area contributed by atoms with Crippen molar-refractivity contribution in [1.82, 2.24) is 15.1 Å². The smallest absolute Gasteiger partial charge is 0.228 e. The number of amides is 2. The van der Waals surface area contributed by atoms with Crippen LogP contribution < -0.4 is 5.32 Å². The Morgan fingerprint density at radius 3 is 2.41 bits per heavy atom. The molecule has 4 rings (SSSR count). The molecular formula is C23H32ClN3O2. The highest BCUT2D eigenvalue weighted by atomic mass is 35.5. The molecular weight excluding hydrogens is 386 g/mol. The average molecular weight is 418 g/mol. The lowest BCUT2D eigenvalue weighted by atomic mass is 9.93. The number of aryl methyl sites for hydroxylation is 1. The molecule has 0 spiro atoms. The fraction of sp³-hybridized carbons (Fsp3) is 0.652. The van der Waals surface area contributed by atoms with Crippen LogP contribution in [-0.2, 0) is 9.59 Å². The lowest BCUT2D eigenvalue weighted by molar-refractivity contribution is -0.142. The Morgan fingerprint density at radius 1 is 1.14 bits per heavy atom. The summed E-state index contributed by atoms with van der Waals surface area (Å²) in [7, 11) is 1.96. The highest BCUT2D eigenvalue weighted by molar-refractivity contribution is 6.31. The molecule has 0 aromatic heterocycles. The Morgan fingerprint density at radius 2 is 1.83 bits per heavy atom. The molecule has 2 amide bonds. The number of carbonyl (C=O) groups is 2. The highest BCUT2D eigenvalue weighted by Gasteiger charge is 2.48. The van der Waals surface area contributed by atoms with Crippen LogP contribution in [0.15, 0.2) is 18.2 Å². The number of likely N-dealkylation sites (tertiary alicyclic amines) is 2. The predicted octanol–water partition coefficient (Wildman–Crippen LogP) is 3.20. The Bertz CT molecular complexity index is 799. The number of piperidine rings is 1. The molecule has 0 bridgehead atoms. The number of carbonyl (C=O) groups excluding carboxylic acids is 2. The molecule has 3 aliphatic rings. The van der Waals surface area contributed by atoms with E-state index in [0.29, 0.717) is 13.1 Å². The van der Waals surface area contributed by atoms with Crippen LogP contribution in [0.3, 0.4) is 0 Å². The molecule has 2 aliphatic heterocycles. The average Bonchev–Trinajstić information content (AvgIpc) is 3.34. The van der Waals surface area contributed by atoms with E-state index in [-0.39, 0.29) is 35.1 Å². The zero-order chi connectivity index (χ0) is 20.8. The van der Waals surface area contributed by atoms with Gasteiger partial charge in [-0.1, -0.05) is 30.7 Å². The van der Waals surface area contributed by atoms with Gasteiger partial charge < -0.3 is 15.1 Å².